The number of hydrogen-bond donors (Lipinski definition) is 1. The molecule has 6 nitrogen and oxygen atoms in total. The first-order valence-electron chi connectivity index (χ1n) is 7.39. The fraction of sp³-hybridized carbons (Fsp3) is 0.353. The summed E-state index contributed by atoms with van der Waals surface area (Å²) in [6.45, 7) is 8.63. The molecule has 0 radical (unpaired) electrons. The van der Waals surface area contributed by atoms with Crippen molar-refractivity contribution < 1.29 is 19.1 Å². The molecule has 2 unspecified atom stereocenters. The van der Waals surface area contributed by atoms with Gasteiger partial charge in [0.1, 0.15) is 5.75 Å². The number of rotatable bonds is 5. The number of nitrogens with zero attached hydrogens (tertiary/aromatic N) is 1. The zero-order valence-corrected chi connectivity index (χ0v) is 13.5. The monoisotopic (exact) mass is 316 g/mol. The lowest BCUT2D eigenvalue weighted by Gasteiger charge is -2.27. The first kappa shape index (κ1) is 16.7. The van der Waals surface area contributed by atoms with E-state index in [0.717, 1.165) is 0 Å². The topological polar surface area (TPSA) is 75.7 Å². The van der Waals surface area contributed by atoms with Crippen LogP contribution in [0.2, 0.25) is 0 Å². The van der Waals surface area contributed by atoms with Crippen LogP contribution in [0.25, 0.3) is 0 Å². The van der Waals surface area contributed by atoms with Crippen molar-refractivity contribution in [3.8, 4) is 5.75 Å². The molecular weight excluding hydrogens is 296 g/mol. The summed E-state index contributed by atoms with van der Waals surface area (Å²) in [6.07, 6.45) is 1.01. The van der Waals surface area contributed by atoms with Crippen LogP contribution in [0.15, 0.2) is 30.9 Å². The second-order valence-corrected chi connectivity index (χ2v) is 5.46. The summed E-state index contributed by atoms with van der Waals surface area (Å²) in [5.74, 6) is -0.144. The Morgan fingerprint density at radius 3 is 2.78 bits per heavy atom. The lowest BCUT2D eigenvalue weighted by molar-refractivity contribution is -0.129. The van der Waals surface area contributed by atoms with Crippen LogP contribution in [0.3, 0.4) is 0 Å². The average Bonchev–Trinajstić information content (AvgIpc) is 2.51. The van der Waals surface area contributed by atoms with Crippen LogP contribution in [0.1, 0.15) is 31.1 Å². The molecule has 1 aromatic rings. The number of Topliss-reactive ketones (excluding diaryl/α,β-unsaturated/α-hetero) is 1. The number of amides is 2. The molecule has 122 valence electrons. The Labute approximate surface area is 135 Å². The largest absolute Gasteiger partial charge is 0.479 e. The van der Waals surface area contributed by atoms with Gasteiger partial charge in [-0.05, 0) is 32.0 Å². The van der Waals surface area contributed by atoms with Crippen LogP contribution >= 0.6 is 0 Å². The van der Waals surface area contributed by atoms with Gasteiger partial charge < -0.3 is 15.0 Å². The van der Waals surface area contributed by atoms with Gasteiger partial charge in [-0.3, -0.25) is 14.4 Å². The second kappa shape index (κ2) is 6.64. The number of benzene rings is 1. The average molecular weight is 316 g/mol. The van der Waals surface area contributed by atoms with E-state index < -0.39 is 12.1 Å². The molecule has 0 aromatic heterocycles. The molecule has 0 bridgehead atoms. The smallest absolute Gasteiger partial charge is 0.265 e. The van der Waals surface area contributed by atoms with Gasteiger partial charge in [-0.15, -0.1) is 6.58 Å². The Bertz CT molecular complexity index is 669. The fourth-order valence-corrected chi connectivity index (χ4v) is 2.44. The third kappa shape index (κ3) is 3.41. The van der Waals surface area contributed by atoms with Crippen LogP contribution in [-0.2, 0) is 9.59 Å². The van der Waals surface area contributed by atoms with Crippen molar-refractivity contribution >= 4 is 23.3 Å². The van der Waals surface area contributed by atoms with E-state index in [-0.39, 0.29) is 17.6 Å². The van der Waals surface area contributed by atoms with Gasteiger partial charge in [0, 0.05) is 19.0 Å². The third-order valence-corrected chi connectivity index (χ3v) is 3.77. The molecule has 1 aliphatic rings. The number of carbonyl (C=O) groups is 3. The molecule has 1 aliphatic heterocycles. The van der Waals surface area contributed by atoms with Crippen molar-refractivity contribution in [2.75, 3.05) is 11.9 Å². The van der Waals surface area contributed by atoms with E-state index in [1.165, 1.54) is 11.8 Å². The fourth-order valence-electron chi connectivity index (χ4n) is 2.44. The van der Waals surface area contributed by atoms with Crippen LogP contribution in [-0.4, -0.2) is 41.2 Å². The van der Waals surface area contributed by atoms with Crippen molar-refractivity contribution in [1.82, 2.24) is 4.90 Å². The van der Waals surface area contributed by atoms with Crippen LogP contribution < -0.4 is 10.1 Å². The molecule has 2 amide bonds. The number of anilines is 1. The normalized spacial score (nSPS) is 17.3. The molecule has 0 saturated heterocycles. The molecule has 0 saturated carbocycles. The van der Waals surface area contributed by atoms with E-state index in [9.17, 15) is 14.4 Å². The summed E-state index contributed by atoms with van der Waals surface area (Å²) in [4.78, 5) is 37.4. The summed E-state index contributed by atoms with van der Waals surface area (Å²) in [5, 5.41) is 2.71. The van der Waals surface area contributed by atoms with Crippen molar-refractivity contribution in [3.63, 3.8) is 0 Å². The summed E-state index contributed by atoms with van der Waals surface area (Å²) in [5.41, 5.74) is 0.870. The van der Waals surface area contributed by atoms with Crippen molar-refractivity contribution in [2.45, 2.75) is 32.9 Å². The molecule has 2 rings (SSSR count). The minimum Gasteiger partial charge on any atom is -0.479 e. The van der Waals surface area contributed by atoms with E-state index in [1.807, 2.05) is 0 Å². The Kier molecular flexibility index (Phi) is 4.83. The van der Waals surface area contributed by atoms with Gasteiger partial charge >= 0.3 is 0 Å². The maximum atomic E-state index is 12.6. The van der Waals surface area contributed by atoms with Crippen LogP contribution in [0, 0.1) is 0 Å². The Morgan fingerprint density at radius 2 is 2.17 bits per heavy atom. The molecule has 2 atom stereocenters. The van der Waals surface area contributed by atoms with Gasteiger partial charge in [-0.25, -0.2) is 0 Å². The van der Waals surface area contributed by atoms with Crippen LogP contribution in [0.4, 0.5) is 5.69 Å². The molecule has 1 N–H and O–H groups in total. The minimum atomic E-state index is -0.623. The van der Waals surface area contributed by atoms with Gasteiger partial charge in [-0.2, -0.15) is 0 Å². The predicted molar refractivity (Wildman–Crippen MR) is 86.5 cm³/mol. The number of nitrogens with one attached hydrogen (secondary N) is 1. The number of carbonyl (C=O) groups excluding carboxylic acids is 3. The Morgan fingerprint density at radius 1 is 1.48 bits per heavy atom. The number of ether oxygens (including phenoxy) is 1. The van der Waals surface area contributed by atoms with Gasteiger partial charge in [0.15, 0.2) is 11.9 Å². The quantitative estimate of drug-likeness (QED) is 0.666. The summed E-state index contributed by atoms with van der Waals surface area (Å²) in [6, 6.07) is 4.23. The third-order valence-electron chi connectivity index (χ3n) is 3.77. The summed E-state index contributed by atoms with van der Waals surface area (Å²) in [7, 11) is 0. The van der Waals surface area contributed by atoms with Gasteiger partial charge in [0.05, 0.1) is 11.7 Å². The van der Waals surface area contributed by atoms with Crippen molar-refractivity contribution in [1.29, 1.82) is 0 Å². The van der Waals surface area contributed by atoms with Crippen molar-refractivity contribution in [2.24, 2.45) is 0 Å². The molecule has 1 heterocycles. The van der Waals surface area contributed by atoms with E-state index in [0.29, 0.717) is 23.5 Å². The minimum absolute atomic E-state index is 0.200. The Hall–Kier alpha value is -2.63. The molecule has 23 heavy (non-hydrogen) atoms. The standard InChI is InChI=1S/C17H20N2O4/c1-5-8-19(12(4)20)10(2)16(21)13-6-7-15-14(9-13)18-17(22)11(3)23-15/h5-7,9-11H,1,8H2,2-4H3,(H,18,22). The Balaban J connectivity index is 2.26. The summed E-state index contributed by atoms with van der Waals surface area (Å²) >= 11 is 0. The highest BCUT2D eigenvalue weighted by molar-refractivity contribution is 6.04. The zero-order valence-electron chi connectivity index (χ0n) is 13.5. The highest BCUT2D eigenvalue weighted by Crippen LogP contribution is 2.31. The second-order valence-electron chi connectivity index (χ2n) is 5.46. The number of fused-ring (bicyclic) bond motifs is 1. The van der Waals surface area contributed by atoms with E-state index >= 15 is 0 Å². The van der Waals surface area contributed by atoms with E-state index in [2.05, 4.69) is 11.9 Å². The molecular formula is C17H20N2O4. The lowest BCUT2D eigenvalue weighted by Crippen LogP contribution is -2.42. The highest BCUT2D eigenvalue weighted by Gasteiger charge is 2.27. The SMILES string of the molecule is C=CCN(C(C)=O)C(C)C(=O)c1ccc2c(c1)NC(=O)C(C)O2. The van der Waals surface area contributed by atoms with Gasteiger partial charge in [0.25, 0.3) is 5.91 Å². The zero-order chi connectivity index (χ0) is 17.1. The van der Waals surface area contributed by atoms with Crippen LogP contribution in [0.5, 0.6) is 5.75 Å². The first-order valence-corrected chi connectivity index (χ1v) is 7.39. The predicted octanol–water partition coefficient (Wildman–Crippen LogP) is 2.01. The molecule has 0 aliphatic carbocycles. The maximum absolute atomic E-state index is 12.6. The van der Waals surface area contributed by atoms with E-state index in [4.69, 9.17) is 4.74 Å². The molecule has 0 fully saturated rings. The van der Waals surface area contributed by atoms with Crippen molar-refractivity contribution in [3.05, 3.63) is 36.4 Å². The lowest BCUT2D eigenvalue weighted by atomic mass is 10.0. The number of hydrogen-bond acceptors (Lipinski definition) is 4. The molecule has 0 spiro atoms. The summed E-state index contributed by atoms with van der Waals surface area (Å²) < 4.78 is 5.46. The number of ketones is 1. The maximum Gasteiger partial charge on any atom is 0.265 e. The highest BCUT2D eigenvalue weighted by atomic mass is 16.5. The first-order chi connectivity index (χ1) is 10.8. The van der Waals surface area contributed by atoms with Gasteiger partial charge in [0.2, 0.25) is 5.91 Å². The van der Waals surface area contributed by atoms with E-state index in [1.54, 1.807) is 38.1 Å². The molecule has 1 aromatic carbocycles. The molecule has 6 heteroatoms. The van der Waals surface area contributed by atoms with Gasteiger partial charge in [-0.1, -0.05) is 6.08 Å².